The highest BCUT2D eigenvalue weighted by Crippen LogP contribution is 2.25. The second-order valence-corrected chi connectivity index (χ2v) is 7.67. The van der Waals surface area contributed by atoms with E-state index in [1.165, 1.54) is 31.5 Å². The molecule has 11 heteroatoms. The van der Waals surface area contributed by atoms with Crippen molar-refractivity contribution < 1.29 is 18.4 Å². The van der Waals surface area contributed by atoms with Crippen molar-refractivity contribution in [2.75, 3.05) is 13.2 Å². The van der Waals surface area contributed by atoms with Gasteiger partial charge in [0.2, 0.25) is 0 Å². The fourth-order valence-corrected chi connectivity index (χ4v) is 4.06. The smallest absolute Gasteiger partial charge is 0.279 e. The highest BCUT2D eigenvalue weighted by molar-refractivity contribution is 7.89. The van der Waals surface area contributed by atoms with Crippen molar-refractivity contribution in [3.8, 4) is 0 Å². The van der Waals surface area contributed by atoms with Crippen molar-refractivity contribution in [2.24, 2.45) is 5.10 Å². The minimum absolute atomic E-state index is 0.243. The summed E-state index contributed by atoms with van der Waals surface area (Å²) >= 11 is 0. The van der Waals surface area contributed by atoms with Crippen LogP contribution in [0.5, 0.6) is 0 Å². The molecule has 0 aliphatic heterocycles. The third-order valence-corrected chi connectivity index (χ3v) is 5.84. The Balaban J connectivity index is 2.01. The van der Waals surface area contributed by atoms with Crippen LogP contribution in [-0.2, 0) is 10.0 Å². The number of hydrogen-bond acceptors (Lipinski definition) is 7. The zero-order valence-electron chi connectivity index (χ0n) is 14.8. The van der Waals surface area contributed by atoms with Gasteiger partial charge >= 0.3 is 0 Å². The van der Waals surface area contributed by atoms with Gasteiger partial charge in [0.25, 0.3) is 15.7 Å². The predicted octanol–water partition coefficient (Wildman–Crippen LogP) is 1.57. The summed E-state index contributed by atoms with van der Waals surface area (Å²) in [4.78, 5) is 10.1. The number of hydrogen-bond donors (Lipinski definition) is 1. The number of aliphatic hydroxyl groups is 1. The van der Waals surface area contributed by atoms with E-state index in [-0.39, 0.29) is 17.1 Å². The SMILES string of the molecule is Cc1ccc([N+](=O)[O-])cc1S(=O)(=O)N(CCO)/N=C\c1cnn2ccccc12. The Morgan fingerprint density at radius 3 is 2.86 bits per heavy atom. The lowest BCUT2D eigenvalue weighted by molar-refractivity contribution is -0.385. The number of sulfonamides is 1. The highest BCUT2D eigenvalue weighted by Gasteiger charge is 2.26. The Morgan fingerprint density at radius 2 is 2.14 bits per heavy atom. The lowest BCUT2D eigenvalue weighted by Gasteiger charge is -2.19. The minimum Gasteiger partial charge on any atom is -0.394 e. The summed E-state index contributed by atoms with van der Waals surface area (Å²) in [6.45, 7) is 0.752. The van der Waals surface area contributed by atoms with Gasteiger partial charge in [0.05, 0.1) is 40.9 Å². The molecule has 146 valence electrons. The fourth-order valence-electron chi connectivity index (χ4n) is 2.60. The standard InChI is InChI=1S/C17H17N5O5S/c1-13-5-6-15(22(24)25)10-17(13)28(26,27)21(8-9-23)19-12-14-11-18-20-7-3-2-4-16(14)20/h2-7,10-12,23H,8-9H2,1H3/b19-12-. The molecule has 2 aromatic heterocycles. The average molecular weight is 403 g/mol. The zero-order chi connectivity index (χ0) is 20.3. The normalized spacial score (nSPS) is 11.9. The molecule has 2 heterocycles. The molecule has 0 radical (unpaired) electrons. The van der Waals surface area contributed by atoms with Gasteiger partial charge in [-0.1, -0.05) is 12.1 Å². The number of non-ortho nitro benzene ring substituents is 1. The summed E-state index contributed by atoms with van der Waals surface area (Å²) in [6.07, 6.45) is 4.59. The lowest BCUT2D eigenvalue weighted by Crippen LogP contribution is -2.29. The number of nitro benzene ring substituents is 1. The summed E-state index contributed by atoms with van der Waals surface area (Å²) in [5, 5.41) is 28.4. The zero-order valence-corrected chi connectivity index (χ0v) is 15.7. The molecule has 10 nitrogen and oxygen atoms in total. The van der Waals surface area contributed by atoms with Gasteiger partial charge in [0.1, 0.15) is 0 Å². The third kappa shape index (κ3) is 3.70. The lowest BCUT2D eigenvalue weighted by atomic mass is 10.2. The van der Waals surface area contributed by atoms with Crippen LogP contribution in [0.4, 0.5) is 5.69 Å². The van der Waals surface area contributed by atoms with Crippen molar-refractivity contribution in [2.45, 2.75) is 11.8 Å². The van der Waals surface area contributed by atoms with Crippen LogP contribution in [0.3, 0.4) is 0 Å². The Bertz CT molecular complexity index is 1160. The molecule has 0 saturated heterocycles. The molecule has 0 amide bonds. The summed E-state index contributed by atoms with van der Waals surface area (Å²) < 4.78 is 28.3. The second-order valence-electron chi connectivity index (χ2n) is 5.86. The number of nitrogens with zero attached hydrogens (tertiary/aromatic N) is 5. The van der Waals surface area contributed by atoms with E-state index in [1.807, 2.05) is 6.07 Å². The number of pyridine rings is 1. The van der Waals surface area contributed by atoms with E-state index in [0.29, 0.717) is 15.5 Å². The molecule has 0 atom stereocenters. The quantitative estimate of drug-likeness (QED) is 0.362. The van der Waals surface area contributed by atoms with Crippen LogP contribution < -0.4 is 0 Å². The number of aryl methyl sites for hydroxylation is 1. The largest absolute Gasteiger partial charge is 0.394 e. The van der Waals surface area contributed by atoms with Crippen LogP contribution in [0, 0.1) is 17.0 Å². The van der Waals surface area contributed by atoms with Gasteiger partial charge in [-0.2, -0.15) is 23.0 Å². The maximum absolute atomic E-state index is 13.0. The molecule has 0 aliphatic carbocycles. The van der Waals surface area contributed by atoms with E-state index in [0.717, 1.165) is 11.6 Å². The number of rotatable bonds is 7. The fraction of sp³-hybridized carbons (Fsp3) is 0.176. The number of nitro groups is 1. The minimum atomic E-state index is -4.21. The maximum atomic E-state index is 13.0. The second kappa shape index (κ2) is 7.74. The number of hydrazone groups is 1. The van der Waals surface area contributed by atoms with Crippen LogP contribution in [0.15, 0.2) is 58.8 Å². The molecule has 0 unspecified atom stereocenters. The van der Waals surface area contributed by atoms with Crippen molar-refractivity contribution in [1.82, 2.24) is 14.0 Å². The Morgan fingerprint density at radius 1 is 1.36 bits per heavy atom. The topological polar surface area (TPSA) is 130 Å². The monoisotopic (exact) mass is 403 g/mol. The Kier molecular flexibility index (Phi) is 5.38. The molecule has 1 aromatic carbocycles. The number of aromatic nitrogens is 2. The first-order chi connectivity index (χ1) is 13.3. The van der Waals surface area contributed by atoms with Crippen LogP contribution in [0.1, 0.15) is 11.1 Å². The molecule has 1 N–H and O–H groups in total. The van der Waals surface area contributed by atoms with Crippen LogP contribution in [0.25, 0.3) is 5.52 Å². The van der Waals surface area contributed by atoms with E-state index in [2.05, 4.69) is 10.2 Å². The summed E-state index contributed by atoms with van der Waals surface area (Å²) in [5.41, 5.74) is 1.29. The van der Waals surface area contributed by atoms with E-state index < -0.39 is 21.6 Å². The van der Waals surface area contributed by atoms with E-state index >= 15 is 0 Å². The van der Waals surface area contributed by atoms with Gasteiger partial charge < -0.3 is 5.11 Å². The average Bonchev–Trinajstić information content (AvgIpc) is 3.08. The van der Waals surface area contributed by atoms with Crippen LogP contribution >= 0.6 is 0 Å². The van der Waals surface area contributed by atoms with Gasteiger partial charge in [-0.3, -0.25) is 10.1 Å². The molecule has 0 aliphatic rings. The number of aliphatic hydroxyl groups excluding tert-OH is 1. The molecule has 3 aromatic rings. The summed E-state index contributed by atoms with van der Waals surface area (Å²) in [6, 6.07) is 8.98. The van der Waals surface area contributed by atoms with Crippen molar-refractivity contribution in [1.29, 1.82) is 0 Å². The van der Waals surface area contributed by atoms with Gasteiger partial charge in [-0.05, 0) is 24.6 Å². The maximum Gasteiger partial charge on any atom is 0.279 e. The third-order valence-electron chi connectivity index (χ3n) is 4.01. The number of fused-ring (bicyclic) bond motifs is 1. The molecule has 0 saturated carbocycles. The van der Waals surface area contributed by atoms with Crippen LogP contribution in [0.2, 0.25) is 0 Å². The molecule has 0 spiro atoms. The Hall–Kier alpha value is -3.31. The molecule has 3 rings (SSSR count). The molecule has 0 fully saturated rings. The van der Waals surface area contributed by atoms with Crippen LogP contribution in [-0.4, -0.2) is 51.8 Å². The highest BCUT2D eigenvalue weighted by atomic mass is 32.2. The van der Waals surface area contributed by atoms with E-state index in [4.69, 9.17) is 0 Å². The van der Waals surface area contributed by atoms with Crippen molar-refractivity contribution in [3.63, 3.8) is 0 Å². The van der Waals surface area contributed by atoms with Gasteiger partial charge in [0.15, 0.2) is 0 Å². The van der Waals surface area contributed by atoms with Crippen molar-refractivity contribution in [3.05, 3.63) is 70.0 Å². The van der Waals surface area contributed by atoms with E-state index in [1.54, 1.807) is 22.8 Å². The first-order valence-corrected chi connectivity index (χ1v) is 9.63. The van der Waals surface area contributed by atoms with Crippen molar-refractivity contribution >= 4 is 27.4 Å². The molecule has 28 heavy (non-hydrogen) atoms. The molecular weight excluding hydrogens is 386 g/mol. The number of benzene rings is 1. The summed E-state index contributed by atoms with van der Waals surface area (Å²) in [7, 11) is -4.21. The summed E-state index contributed by atoms with van der Waals surface area (Å²) in [5.74, 6) is 0. The first-order valence-electron chi connectivity index (χ1n) is 8.19. The van der Waals surface area contributed by atoms with Gasteiger partial charge in [-0.25, -0.2) is 4.52 Å². The molecular formula is C17H17N5O5S. The molecule has 0 bridgehead atoms. The Labute approximate surface area is 160 Å². The first kappa shape index (κ1) is 19.5. The predicted molar refractivity (Wildman–Crippen MR) is 102 cm³/mol. The van der Waals surface area contributed by atoms with Gasteiger partial charge in [0, 0.05) is 23.9 Å². The van der Waals surface area contributed by atoms with E-state index in [9.17, 15) is 23.6 Å². The van der Waals surface area contributed by atoms with Gasteiger partial charge in [-0.15, -0.1) is 0 Å².